The first-order valence-corrected chi connectivity index (χ1v) is 10.0. The van der Waals surface area contributed by atoms with Crippen LogP contribution in [-0.4, -0.2) is 28.0 Å². The van der Waals surface area contributed by atoms with Crippen molar-refractivity contribution in [2.75, 3.05) is 10.6 Å². The molecule has 7 nitrogen and oxygen atoms in total. The number of primary amides is 1. The third-order valence-corrected chi connectivity index (χ3v) is 5.89. The second kappa shape index (κ2) is 7.69. The lowest BCUT2D eigenvalue weighted by Crippen LogP contribution is -2.43. The summed E-state index contributed by atoms with van der Waals surface area (Å²) in [7, 11) is 0. The number of fused-ring (bicyclic) bond motifs is 1. The summed E-state index contributed by atoms with van der Waals surface area (Å²) in [5.74, 6) is -1.13. The third kappa shape index (κ3) is 3.63. The Hall–Kier alpha value is -2.78. The number of carbonyl (C=O) groups is 1. The van der Waals surface area contributed by atoms with E-state index in [-0.39, 0.29) is 29.3 Å². The summed E-state index contributed by atoms with van der Waals surface area (Å²) < 4.78 is 14.6. The Morgan fingerprint density at radius 2 is 2.11 bits per heavy atom. The van der Waals surface area contributed by atoms with Gasteiger partial charge in [0.15, 0.2) is 11.6 Å². The van der Waals surface area contributed by atoms with Crippen molar-refractivity contribution in [1.82, 2.24) is 9.97 Å². The van der Waals surface area contributed by atoms with Crippen LogP contribution in [0.15, 0.2) is 29.8 Å². The number of carbonyl (C=O) groups excluding carboxylic acids is 1. The third-order valence-electron chi connectivity index (χ3n) is 4.99. The highest BCUT2D eigenvalue weighted by molar-refractivity contribution is 7.17. The monoisotopic (exact) mass is 400 g/mol. The Morgan fingerprint density at radius 1 is 1.29 bits per heavy atom. The number of aromatic nitrogens is 2. The van der Waals surface area contributed by atoms with Gasteiger partial charge in [0.1, 0.15) is 10.6 Å². The summed E-state index contributed by atoms with van der Waals surface area (Å²) in [5, 5.41) is 8.98. The van der Waals surface area contributed by atoms with E-state index in [1.807, 2.05) is 17.5 Å². The van der Waals surface area contributed by atoms with E-state index in [1.165, 1.54) is 11.3 Å². The van der Waals surface area contributed by atoms with Crippen LogP contribution < -0.4 is 22.1 Å². The largest absolute Gasteiger partial charge is 0.365 e. The zero-order valence-electron chi connectivity index (χ0n) is 15.1. The van der Waals surface area contributed by atoms with E-state index < -0.39 is 11.7 Å². The molecule has 3 aromatic rings. The molecule has 4 rings (SSSR count). The number of nitrogens with two attached hydrogens (primary N) is 2. The maximum atomic E-state index is 14.6. The van der Waals surface area contributed by atoms with Crippen LogP contribution in [-0.2, 0) is 0 Å². The summed E-state index contributed by atoms with van der Waals surface area (Å²) in [6, 6.07) is 4.73. The number of thiophene rings is 1. The van der Waals surface area contributed by atoms with Gasteiger partial charge in [0.05, 0.1) is 11.3 Å². The normalized spacial score (nSPS) is 19.5. The van der Waals surface area contributed by atoms with Gasteiger partial charge in [-0.05, 0) is 31.0 Å². The van der Waals surface area contributed by atoms with Crippen molar-refractivity contribution in [1.29, 1.82) is 0 Å². The minimum absolute atomic E-state index is 0.0146. The number of nitrogens with zero attached hydrogens (tertiary/aromatic N) is 2. The minimum Gasteiger partial charge on any atom is -0.365 e. The topological polar surface area (TPSA) is 119 Å². The van der Waals surface area contributed by atoms with Gasteiger partial charge in [0.25, 0.3) is 5.91 Å². The minimum atomic E-state index is -0.757. The first kappa shape index (κ1) is 18.6. The summed E-state index contributed by atoms with van der Waals surface area (Å²) in [6.45, 7) is 0. The summed E-state index contributed by atoms with van der Waals surface area (Å²) >= 11 is 1.46. The van der Waals surface area contributed by atoms with Crippen LogP contribution >= 0.6 is 11.3 Å². The molecule has 0 spiro atoms. The standard InChI is InChI=1S/C19H21FN6OS/c20-12-8-11(16(22)27)17(25-15-9-28-19-10(15)4-3-7-23-19)26-18(12)24-14-6-2-1-5-13(14)21/h3-4,7-9,13-14H,1-2,5-6,21H2,(H2,22,27)(H2,24,25,26)/t13-,14+/m0/s1. The molecule has 0 bridgehead atoms. The molecule has 2 atom stereocenters. The number of hydrogen-bond acceptors (Lipinski definition) is 7. The molecular formula is C19H21FN6OS. The molecular weight excluding hydrogens is 379 g/mol. The number of anilines is 3. The molecule has 146 valence electrons. The maximum absolute atomic E-state index is 14.6. The van der Waals surface area contributed by atoms with Gasteiger partial charge >= 0.3 is 0 Å². The first-order valence-electron chi connectivity index (χ1n) is 9.14. The maximum Gasteiger partial charge on any atom is 0.252 e. The lowest BCUT2D eigenvalue weighted by molar-refractivity contribution is 0.100. The molecule has 1 saturated carbocycles. The summed E-state index contributed by atoms with van der Waals surface area (Å²) in [6.07, 6.45) is 5.55. The Morgan fingerprint density at radius 3 is 2.89 bits per heavy atom. The Labute approximate surface area is 165 Å². The van der Waals surface area contributed by atoms with Crippen molar-refractivity contribution in [2.45, 2.75) is 37.8 Å². The molecule has 0 radical (unpaired) electrons. The molecule has 0 saturated heterocycles. The molecule has 9 heteroatoms. The smallest absolute Gasteiger partial charge is 0.252 e. The number of rotatable bonds is 5. The van der Waals surface area contributed by atoms with Gasteiger partial charge in [0, 0.05) is 29.0 Å². The number of amides is 1. The second-order valence-electron chi connectivity index (χ2n) is 6.91. The molecule has 0 aromatic carbocycles. The fraction of sp³-hybridized carbons (Fsp3) is 0.316. The van der Waals surface area contributed by atoms with Crippen molar-refractivity contribution in [3.63, 3.8) is 0 Å². The van der Waals surface area contributed by atoms with Gasteiger partial charge in [-0.3, -0.25) is 4.79 Å². The molecule has 1 aliphatic carbocycles. The number of pyridine rings is 2. The molecule has 6 N–H and O–H groups in total. The zero-order valence-corrected chi connectivity index (χ0v) is 15.9. The molecule has 1 fully saturated rings. The number of halogens is 1. The van der Waals surface area contributed by atoms with Crippen LogP contribution in [0.5, 0.6) is 0 Å². The highest BCUT2D eigenvalue weighted by Crippen LogP contribution is 2.32. The SMILES string of the molecule is NC(=O)c1cc(F)c(N[C@@H]2CCCC[C@@H]2N)nc1Nc1csc2ncccc12. The number of hydrogen-bond donors (Lipinski definition) is 4. The predicted octanol–water partition coefficient (Wildman–Crippen LogP) is 3.35. The van der Waals surface area contributed by atoms with Crippen molar-refractivity contribution in [2.24, 2.45) is 11.5 Å². The lowest BCUT2D eigenvalue weighted by Gasteiger charge is -2.30. The van der Waals surface area contributed by atoms with Crippen molar-refractivity contribution < 1.29 is 9.18 Å². The van der Waals surface area contributed by atoms with Crippen molar-refractivity contribution in [3.05, 3.63) is 41.2 Å². The quantitative estimate of drug-likeness (QED) is 0.521. The van der Waals surface area contributed by atoms with Gasteiger partial charge in [0.2, 0.25) is 0 Å². The molecule has 28 heavy (non-hydrogen) atoms. The number of nitrogens with one attached hydrogen (secondary N) is 2. The van der Waals surface area contributed by atoms with Crippen molar-refractivity contribution >= 4 is 44.8 Å². The second-order valence-corrected chi connectivity index (χ2v) is 7.77. The Bertz CT molecular complexity index is 1020. The molecule has 0 aliphatic heterocycles. The van der Waals surface area contributed by atoms with Gasteiger partial charge in [-0.1, -0.05) is 12.8 Å². The van der Waals surface area contributed by atoms with E-state index in [4.69, 9.17) is 11.5 Å². The Balaban J connectivity index is 1.69. The summed E-state index contributed by atoms with van der Waals surface area (Å²) in [4.78, 5) is 21.3. The molecule has 0 unspecified atom stereocenters. The van der Waals surface area contributed by atoms with Crippen LogP contribution in [0.4, 0.5) is 21.7 Å². The van der Waals surface area contributed by atoms with Crippen molar-refractivity contribution in [3.8, 4) is 0 Å². The highest BCUT2D eigenvalue weighted by Gasteiger charge is 2.24. The highest BCUT2D eigenvalue weighted by atomic mass is 32.1. The van der Waals surface area contributed by atoms with E-state index >= 15 is 0 Å². The molecule has 3 aromatic heterocycles. The average molecular weight is 400 g/mol. The van der Waals surface area contributed by atoms with E-state index in [0.29, 0.717) is 0 Å². The van der Waals surface area contributed by atoms with E-state index in [1.54, 1.807) is 6.20 Å². The van der Waals surface area contributed by atoms with Gasteiger partial charge in [-0.2, -0.15) is 0 Å². The average Bonchev–Trinajstić information content (AvgIpc) is 3.09. The van der Waals surface area contributed by atoms with E-state index in [0.717, 1.165) is 47.7 Å². The fourth-order valence-corrected chi connectivity index (χ4v) is 4.32. The predicted molar refractivity (Wildman–Crippen MR) is 109 cm³/mol. The molecule has 1 amide bonds. The van der Waals surface area contributed by atoms with Gasteiger partial charge < -0.3 is 22.1 Å². The first-order chi connectivity index (χ1) is 13.5. The van der Waals surface area contributed by atoms with Gasteiger partial charge in [-0.25, -0.2) is 14.4 Å². The van der Waals surface area contributed by atoms with Crippen LogP contribution in [0, 0.1) is 5.82 Å². The van der Waals surface area contributed by atoms with Gasteiger partial charge in [-0.15, -0.1) is 11.3 Å². The Kier molecular flexibility index (Phi) is 5.10. The summed E-state index contributed by atoms with van der Waals surface area (Å²) in [5.41, 5.74) is 12.3. The fourth-order valence-electron chi connectivity index (χ4n) is 3.48. The molecule has 1 aliphatic rings. The van der Waals surface area contributed by atoms with Crippen LogP contribution in [0.25, 0.3) is 10.2 Å². The lowest BCUT2D eigenvalue weighted by atomic mass is 9.91. The van der Waals surface area contributed by atoms with E-state index in [2.05, 4.69) is 20.6 Å². The molecule has 3 heterocycles. The zero-order chi connectivity index (χ0) is 19.7. The van der Waals surface area contributed by atoms with Crippen LogP contribution in [0.3, 0.4) is 0 Å². The van der Waals surface area contributed by atoms with Crippen LogP contribution in [0.1, 0.15) is 36.0 Å². The van der Waals surface area contributed by atoms with Crippen LogP contribution in [0.2, 0.25) is 0 Å². The van der Waals surface area contributed by atoms with E-state index in [9.17, 15) is 9.18 Å².